The third kappa shape index (κ3) is 3.44. The van der Waals surface area contributed by atoms with Crippen LogP contribution in [-0.4, -0.2) is 44.3 Å². The molecule has 2 fully saturated rings. The Balaban J connectivity index is 1.87. The highest BCUT2D eigenvalue weighted by atomic mass is 19.1. The van der Waals surface area contributed by atoms with Crippen LogP contribution in [0.1, 0.15) is 30.0 Å². The quantitative estimate of drug-likeness (QED) is 0.926. The average molecular weight is 292 g/mol. The lowest BCUT2D eigenvalue weighted by Gasteiger charge is -2.41. The third-order valence-corrected chi connectivity index (χ3v) is 4.79. The Hall–Kier alpha value is -0.970. The highest BCUT2D eigenvalue weighted by Gasteiger charge is 2.31. The smallest absolute Gasteiger partial charge is 0.126 e. The van der Waals surface area contributed by atoms with Gasteiger partial charge in [-0.1, -0.05) is 12.1 Å². The Labute approximate surface area is 126 Å². The summed E-state index contributed by atoms with van der Waals surface area (Å²) in [7, 11) is 0. The van der Waals surface area contributed by atoms with Gasteiger partial charge in [0.25, 0.3) is 0 Å². The number of piperazine rings is 1. The summed E-state index contributed by atoms with van der Waals surface area (Å²) in [6.07, 6.45) is 2.15. The molecular formula is C17H25FN2O. The van der Waals surface area contributed by atoms with Crippen molar-refractivity contribution in [3.63, 3.8) is 0 Å². The molecule has 2 saturated heterocycles. The molecule has 1 aromatic rings. The van der Waals surface area contributed by atoms with Crippen LogP contribution < -0.4 is 5.32 Å². The highest BCUT2D eigenvalue weighted by molar-refractivity contribution is 5.26. The van der Waals surface area contributed by atoms with E-state index in [1.807, 2.05) is 13.0 Å². The molecule has 0 aromatic heterocycles. The normalized spacial score (nSPS) is 23.1. The van der Waals surface area contributed by atoms with E-state index in [-0.39, 0.29) is 5.82 Å². The molecule has 2 aliphatic heterocycles. The van der Waals surface area contributed by atoms with E-state index < -0.39 is 0 Å². The molecule has 0 bridgehead atoms. The predicted octanol–water partition coefficient (Wildman–Crippen LogP) is 2.51. The summed E-state index contributed by atoms with van der Waals surface area (Å²) in [5.74, 6) is 0.485. The summed E-state index contributed by atoms with van der Waals surface area (Å²) in [4.78, 5) is 2.52. The lowest BCUT2D eigenvalue weighted by atomic mass is 9.85. The minimum Gasteiger partial charge on any atom is -0.381 e. The van der Waals surface area contributed by atoms with Gasteiger partial charge in [-0.3, -0.25) is 4.90 Å². The van der Waals surface area contributed by atoms with E-state index in [9.17, 15) is 4.39 Å². The molecule has 2 heterocycles. The number of nitrogens with one attached hydrogen (secondary N) is 1. The first-order chi connectivity index (χ1) is 10.3. The van der Waals surface area contributed by atoms with Gasteiger partial charge in [-0.15, -0.1) is 0 Å². The van der Waals surface area contributed by atoms with Crippen molar-refractivity contribution in [2.45, 2.75) is 25.8 Å². The van der Waals surface area contributed by atoms with Crippen molar-refractivity contribution < 1.29 is 9.13 Å². The molecule has 0 amide bonds. The summed E-state index contributed by atoms with van der Waals surface area (Å²) in [5, 5.41) is 3.40. The van der Waals surface area contributed by atoms with Gasteiger partial charge in [0.05, 0.1) is 0 Å². The van der Waals surface area contributed by atoms with E-state index in [4.69, 9.17) is 4.74 Å². The Kier molecular flexibility index (Phi) is 4.88. The minimum absolute atomic E-state index is 0.0836. The van der Waals surface area contributed by atoms with Crippen molar-refractivity contribution >= 4 is 0 Å². The van der Waals surface area contributed by atoms with Gasteiger partial charge >= 0.3 is 0 Å². The lowest BCUT2D eigenvalue weighted by molar-refractivity contribution is 0.0212. The fourth-order valence-electron chi connectivity index (χ4n) is 3.57. The maximum atomic E-state index is 14.0. The maximum absolute atomic E-state index is 14.0. The average Bonchev–Trinajstić information content (AvgIpc) is 2.53. The zero-order chi connectivity index (χ0) is 14.7. The predicted molar refractivity (Wildman–Crippen MR) is 81.9 cm³/mol. The molecule has 116 valence electrons. The SMILES string of the molecule is Cc1ccc([C@H](C2CCOCC2)N2CCNCC2)cc1F. The van der Waals surface area contributed by atoms with Gasteiger partial charge < -0.3 is 10.1 Å². The van der Waals surface area contributed by atoms with Crippen LogP contribution in [0.25, 0.3) is 0 Å². The minimum atomic E-state index is -0.0836. The number of hydrogen-bond donors (Lipinski definition) is 1. The van der Waals surface area contributed by atoms with E-state index in [1.54, 1.807) is 6.07 Å². The Morgan fingerprint density at radius 1 is 1.24 bits per heavy atom. The van der Waals surface area contributed by atoms with E-state index in [0.29, 0.717) is 12.0 Å². The second-order valence-corrected chi connectivity index (χ2v) is 6.19. The molecule has 1 atom stereocenters. The van der Waals surface area contributed by atoms with E-state index >= 15 is 0 Å². The number of ether oxygens (including phenoxy) is 1. The topological polar surface area (TPSA) is 24.5 Å². The fraction of sp³-hybridized carbons (Fsp3) is 0.647. The van der Waals surface area contributed by atoms with Gasteiger partial charge in [0.15, 0.2) is 0 Å². The Morgan fingerprint density at radius 3 is 2.62 bits per heavy atom. The van der Waals surface area contributed by atoms with Crippen molar-refractivity contribution in [3.05, 3.63) is 35.1 Å². The molecule has 4 heteroatoms. The van der Waals surface area contributed by atoms with Crippen LogP contribution in [0.5, 0.6) is 0 Å². The number of hydrogen-bond acceptors (Lipinski definition) is 3. The van der Waals surface area contributed by atoms with Crippen LogP contribution in [0.4, 0.5) is 4.39 Å². The summed E-state index contributed by atoms with van der Waals surface area (Å²) in [5.41, 5.74) is 1.86. The number of nitrogens with zero attached hydrogens (tertiary/aromatic N) is 1. The van der Waals surface area contributed by atoms with Crippen LogP contribution in [0, 0.1) is 18.7 Å². The molecule has 3 rings (SSSR count). The van der Waals surface area contributed by atoms with E-state index in [2.05, 4.69) is 16.3 Å². The Morgan fingerprint density at radius 2 is 1.95 bits per heavy atom. The van der Waals surface area contributed by atoms with Crippen molar-refractivity contribution in [1.29, 1.82) is 0 Å². The van der Waals surface area contributed by atoms with Crippen LogP contribution in [0.3, 0.4) is 0 Å². The summed E-state index contributed by atoms with van der Waals surface area (Å²) < 4.78 is 19.5. The first kappa shape index (κ1) is 14.9. The first-order valence-corrected chi connectivity index (χ1v) is 8.04. The standard InChI is InChI=1S/C17H25FN2O/c1-13-2-3-15(12-16(13)18)17(14-4-10-21-11-5-14)20-8-6-19-7-9-20/h2-3,12,14,17,19H,4-11H2,1H3/t17-/m0/s1. The van der Waals surface area contributed by atoms with Crippen LogP contribution >= 0.6 is 0 Å². The highest BCUT2D eigenvalue weighted by Crippen LogP contribution is 2.35. The van der Waals surface area contributed by atoms with Gasteiger partial charge in [0.1, 0.15) is 5.82 Å². The lowest BCUT2D eigenvalue weighted by Crippen LogP contribution is -2.47. The zero-order valence-electron chi connectivity index (χ0n) is 12.8. The van der Waals surface area contributed by atoms with Crippen molar-refractivity contribution in [1.82, 2.24) is 10.2 Å². The Bertz CT molecular complexity index is 450. The molecular weight excluding hydrogens is 267 g/mol. The molecule has 21 heavy (non-hydrogen) atoms. The molecule has 0 spiro atoms. The van der Waals surface area contributed by atoms with Gasteiger partial charge in [0, 0.05) is 45.4 Å². The summed E-state index contributed by atoms with van der Waals surface area (Å²) in [6, 6.07) is 6.10. The van der Waals surface area contributed by atoms with Crippen LogP contribution in [-0.2, 0) is 4.74 Å². The molecule has 3 nitrogen and oxygen atoms in total. The number of rotatable bonds is 3. The van der Waals surface area contributed by atoms with Crippen molar-refractivity contribution in [2.75, 3.05) is 39.4 Å². The van der Waals surface area contributed by atoms with Gasteiger partial charge in [-0.25, -0.2) is 4.39 Å². The zero-order valence-corrected chi connectivity index (χ0v) is 12.8. The van der Waals surface area contributed by atoms with Crippen LogP contribution in [0.2, 0.25) is 0 Å². The van der Waals surface area contributed by atoms with E-state index in [1.165, 1.54) is 0 Å². The second-order valence-electron chi connectivity index (χ2n) is 6.19. The van der Waals surface area contributed by atoms with Crippen molar-refractivity contribution in [3.8, 4) is 0 Å². The molecule has 2 aliphatic rings. The maximum Gasteiger partial charge on any atom is 0.126 e. The number of aryl methyl sites for hydroxylation is 1. The van der Waals surface area contributed by atoms with Gasteiger partial charge in [0.2, 0.25) is 0 Å². The van der Waals surface area contributed by atoms with Crippen LogP contribution in [0.15, 0.2) is 18.2 Å². The molecule has 0 radical (unpaired) electrons. The van der Waals surface area contributed by atoms with Gasteiger partial charge in [-0.05, 0) is 42.9 Å². The molecule has 0 aliphatic carbocycles. The summed E-state index contributed by atoms with van der Waals surface area (Å²) >= 11 is 0. The first-order valence-electron chi connectivity index (χ1n) is 8.04. The number of benzene rings is 1. The number of halogens is 1. The van der Waals surface area contributed by atoms with Crippen molar-refractivity contribution in [2.24, 2.45) is 5.92 Å². The molecule has 1 N–H and O–H groups in total. The summed E-state index contributed by atoms with van der Waals surface area (Å²) in [6.45, 7) is 7.62. The molecule has 0 unspecified atom stereocenters. The second kappa shape index (κ2) is 6.86. The largest absolute Gasteiger partial charge is 0.381 e. The fourth-order valence-corrected chi connectivity index (χ4v) is 3.57. The van der Waals surface area contributed by atoms with E-state index in [0.717, 1.165) is 63.4 Å². The third-order valence-electron chi connectivity index (χ3n) is 4.79. The monoisotopic (exact) mass is 292 g/mol. The molecule has 1 aromatic carbocycles. The molecule has 0 saturated carbocycles. The van der Waals surface area contributed by atoms with Gasteiger partial charge in [-0.2, -0.15) is 0 Å².